The Morgan fingerprint density at radius 1 is 1.32 bits per heavy atom. The van der Waals surface area contributed by atoms with Crippen LogP contribution in [-0.2, 0) is 6.54 Å². The lowest BCUT2D eigenvalue weighted by Gasteiger charge is -2.22. The van der Waals surface area contributed by atoms with Crippen LogP contribution in [0.15, 0.2) is 30.6 Å². The first kappa shape index (κ1) is 16.3. The molecule has 130 valence electrons. The number of aryl methyl sites for hydroxylation is 1. The molecule has 0 radical (unpaired) electrons. The zero-order chi connectivity index (χ0) is 17.2. The fraction of sp³-hybridized carbons (Fsp3) is 0.389. The van der Waals surface area contributed by atoms with Crippen molar-refractivity contribution >= 4 is 34.3 Å². The van der Waals surface area contributed by atoms with Gasteiger partial charge in [0.05, 0.1) is 12.4 Å². The van der Waals surface area contributed by atoms with Gasteiger partial charge in [0.2, 0.25) is 0 Å². The topological polar surface area (TPSA) is 67.7 Å². The molecule has 6 nitrogen and oxygen atoms in total. The summed E-state index contributed by atoms with van der Waals surface area (Å²) in [7, 11) is 0. The molecule has 2 N–H and O–H groups in total. The van der Waals surface area contributed by atoms with Crippen molar-refractivity contribution in [2.24, 2.45) is 0 Å². The van der Waals surface area contributed by atoms with Crippen LogP contribution in [0, 0.1) is 0 Å². The number of anilines is 2. The maximum absolute atomic E-state index is 6.11. The Kier molecular flexibility index (Phi) is 4.55. The van der Waals surface area contributed by atoms with Crippen LogP contribution in [0.1, 0.15) is 38.1 Å². The molecule has 3 aromatic rings. The van der Waals surface area contributed by atoms with Gasteiger partial charge in [-0.05, 0) is 44.5 Å². The number of fused-ring (bicyclic) bond motifs is 1. The van der Waals surface area contributed by atoms with Crippen molar-refractivity contribution in [1.29, 1.82) is 0 Å². The molecule has 1 aromatic carbocycles. The molecule has 0 saturated carbocycles. The van der Waals surface area contributed by atoms with E-state index in [1.54, 1.807) is 0 Å². The number of rotatable bonds is 4. The van der Waals surface area contributed by atoms with Crippen molar-refractivity contribution in [2.45, 2.75) is 38.8 Å². The van der Waals surface area contributed by atoms with E-state index in [4.69, 9.17) is 21.6 Å². The van der Waals surface area contributed by atoms with E-state index in [2.05, 4.69) is 22.5 Å². The van der Waals surface area contributed by atoms with Crippen LogP contribution >= 0.6 is 11.6 Å². The number of halogens is 1. The van der Waals surface area contributed by atoms with E-state index in [0.29, 0.717) is 5.02 Å². The number of hydrogen-bond acceptors (Lipinski definition) is 5. The molecule has 1 atom stereocenters. The monoisotopic (exact) mass is 356 g/mol. The van der Waals surface area contributed by atoms with E-state index in [-0.39, 0.29) is 6.04 Å². The molecule has 0 aliphatic carbocycles. The molecule has 3 heterocycles. The van der Waals surface area contributed by atoms with Crippen molar-refractivity contribution in [3.63, 3.8) is 0 Å². The zero-order valence-electron chi connectivity index (χ0n) is 14.2. The number of nitrogens with zero attached hydrogens (tertiary/aromatic N) is 4. The van der Waals surface area contributed by atoms with Crippen molar-refractivity contribution in [1.82, 2.24) is 24.8 Å². The molecule has 1 unspecified atom stereocenters. The first-order valence-corrected chi connectivity index (χ1v) is 9.11. The van der Waals surface area contributed by atoms with Crippen LogP contribution in [0.5, 0.6) is 0 Å². The van der Waals surface area contributed by atoms with Crippen molar-refractivity contribution in [3.8, 4) is 0 Å². The van der Waals surface area contributed by atoms with Gasteiger partial charge in [-0.2, -0.15) is 0 Å². The van der Waals surface area contributed by atoms with E-state index in [0.717, 1.165) is 48.0 Å². The van der Waals surface area contributed by atoms with Gasteiger partial charge >= 0.3 is 0 Å². The summed E-state index contributed by atoms with van der Waals surface area (Å²) in [6, 6.07) is 7.81. The second-order valence-corrected chi connectivity index (χ2v) is 6.71. The van der Waals surface area contributed by atoms with E-state index < -0.39 is 0 Å². The third-order valence-corrected chi connectivity index (χ3v) is 4.77. The molecule has 1 saturated heterocycles. The van der Waals surface area contributed by atoms with Crippen LogP contribution < -0.4 is 10.6 Å². The van der Waals surface area contributed by atoms with Gasteiger partial charge < -0.3 is 15.2 Å². The Balaban J connectivity index is 1.79. The molecule has 1 aliphatic rings. The summed E-state index contributed by atoms with van der Waals surface area (Å²) in [6.45, 7) is 3.92. The smallest absolute Gasteiger partial charge is 0.165 e. The van der Waals surface area contributed by atoms with Crippen LogP contribution in [0.3, 0.4) is 0 Å². The summed E-state index contributed by atoms with van der Waals surface area (Å²) in [6.07, 6.45) is 5.28. The first-order chi connectivity index (χ1) is 12.2. The maximum Gasteiger partial charge on any atom is 0.165 e. The summed E-state index contributed by atoms with van der Waals surface area (Å²) in [5, 5.41) is 7.58. The number of hydrogen-bond donors (Lipinski definition) is 2. The molecular formula is C18H21ClN6. The lowest BCUT2D eigenvalue weighted by molar-refractivity contribution is 0.398. The van der Waals surface area contributed by atoms with Gasteiger partial charge in [0.25, 0.3) is 0 Å². The largest absolute Gasteiger partial charge is 0.338 e. The zero-order valence-corrected chi connectivity index (χ0v) is 14.9. The summed E-state index contributed by atoms with van der Waals surface area (Å²) in [5.74, 6) is 1.55. The highest BCUT2D eigenvalue weighted by Crippen LogP contribution is 2.28. The second kappa shape index (κ2) is 6.98. The second-order valence-electron chi connectivity index (χ2n) is 6.27. The Morgan fingerprint density at radius 3 is 3.00 bits per heavy atom. The van der Waals surface area contributed by atoms with Crippen molar-refractivity contribution in [2.75, 3.05) is 11.9 Å². The maximum atomic E-state index is 6.11. The van der Waals surface area contributed by atoms with E-state index >= 15 is 0 Å². The Bertz CT molecular complexity index is 884. The van der Waals surface area contributed by atoms with Gasteiger partial charge in [-0.15, -0.1) is 0 Å². The number of piperidine rings is 1. The fourth-order valence-corrected chi connectivity index (χ4v) is 3.40. The third kappa shape index (κ3) is 3.32. The normalized spacial score (nSPS) is 17.8. The Hall–Kier alpha value is -2.18. The van der Waals surface area contributed by atoms with Crippen LogP contribution in [0.25, 0.3) is 11.2 Å². The van der Waals surface area contributed by atoms with Crippen LogP contribution in [-0.4, -0.2) is 26.1 Å². The first-order valence-electron chi connectivity index (χ1n) is 8.73. The lowest BCUT2D eigenvalue weighted by atomic mass is 10.0. The summed E-state index contributed by atoms with van der Waals surface area (Å²) >= 11 is 6.11. The molecule has 1 fully saturated rings. The number of nitrogens with one attached hydrogen (secondary N) is 2. The predicted octanol–water partition coefficient (Wildman–Crippen LogP) is 4.06. The summed E-state index contributed by atoms with van der Waals surface area (Å²) < 4.78 is 2.05. The Labute approximate surface area is 151 Å². The minimum absolute atomic E-state index is 0.193. The minimum Gasteiger partial charge on any atom is -0.338 e. The van der Waals surface area contributed by atoms with Crippen LogP contribution in [0.2, 0.25) is 5.02 Å². The molecule has 0 spiro atoms. The van der Waals surface area contributed by atoms with Gasteiger partial charge in [0.1, 0.15) is 5.82 Å². The minimum atomic E-state index is 0.193. The number of imidazole rings is 1. The highest BCUT2D eigenvalue weighted by atomic mass is 35.5. The SMILES string of the molecule is CCn1cnc2c(Nc3cccc(Cl)c3)nc(C3CCCCN3)nc21. The molecule has 0 bridgehead atoms. The molecular weight excluding hydrogens is 336 g/mol. The van der Waals surface area contributed by atoms with Crippen molar-refractivity contribution < 1.29 is 0 Å². The van der Waals surface area contributed by atoms with Crippen molar-refractivity contribution in [3.05, 3.63) is 41.4 Å². The van der Waals surface area contributed by atoms with E-state index in [1.165, 1.54) is 12.8 Å². The number of benzene rings is 1. The molecule has 2 aromatic heterocycles. The molecule has 1 aliphatic heterocycles. The average Bonchev–Trinajstić information content (AvgIpc) is 3.06. The van der Waals surface area contributed by atoms with Gasteiger partial charge in [-0.3, -0.25) is 0 Å². The number of aromatic nitrogens is 4. The predicted molar refractivity (Wildman–Crippen MR) is 100 cm³/mol. The summed E-state index contributed by atoms with van der Waals surface area (Å²) in [4.78, 5) is 14.1. The van der Waals surface area contributed by atoms with Gasteiger partial charge in [0.15, 0.2) is 17.0 Å². The highest BCUT2D eigenvalue weighted by molar-refractivity contribution is 6.30. The van der Waals surface area contributed by atoms with Crippen LogP contribution in [0.4, 0.5) is 11.5 Å². The van der Waals surface area contributed by atoms with E-state index in [1.807, 2.05) is 35.2 Å². The van der Waals surface area contributed by atoms with Gasteiger partial charge in [-0.25, -0.2) is 15.0 Å². The highest BCUT2D eigenvalue weighted by Gasteiger charge is 2.21. The summed E-state index contributed by atoms with van der Waals surface area (Å²) in [5.41, 5.74) is 2.53. The molecule has 0 amide bonds. The third-order valence-electron chi connectivity index (χ3n) is 4.53. The fourth-order valence-electron chi connectivity index (χ4n) is 3.21. The lowest BCUT2D eigenvalue weighted by Crippen LogP contribution is -2.28. The molecule has 7 heteroatoms. The average molecular weight is 357 g/mol. The van der Waals surface area contributed by atoms with Gasteiger partial charge in [0, 0.05) is 17.3 Å². The molecule has 4 rings (SSSR count). The Morgan fingerprint density at radius 2 is 2.24 bits per heavy atom. The standard InChI is InChI=1S/C18H21ClN6/c1-2-25-11-21-15-17(22-13-7-5-6-12(19)10-13)23-16(24-18(15)25)14-8-3-4-9-20-14/h5-7,10-11,14,20H,2-4,8-9H2,1H3,(H,22,23,24). The quantitative estimate of drug-likeness (QED) is 0.737. The molecule has 25 heavy (non-hydrogen) atoms. The van der Waals surface area contributed by atoms with Gasteiger partial charge in [-0.1, -0.05) is 24.1 Å². The van der Waals surface area contributed by atoms with E-state index in [9.17, 15) is 0 Å².